The Kier molecular flexibility index (Phi) is 2.15. The van der Waals surface area contributed by atoms with E-state index in [1.54, 1.807) is 6.92 Å². The standard InChI is InChI=1S/C7H13NO3/c1-7(10)3-5(8-4-7)6(9)11-2/h5,8,10H,3-4H2,1-2H3/p+1. The van der Waals surface area contributed by atoms with Crippen molar-refractivity contribution in [1.29, 1.82) is 0 Å². The van der Waals surface area contributed by atoms with Crippen molar-refractivity contribution in [2.75, 3.05) is 13.7 Å². The predicted octanol–water partition coefficient (Wildman–Crippen LogP) is -1.75. The van der Waals surface area contributed by atoms with Gasteiger partial charge in [0.05, 0.1) is 7.11 Å². The summed E-state index contributed by atoms with van der Waals surface area (Å²) in [6, 6.07) is -0.213. The van der Waals surface area contributed by atoms with Crippen molar-refractivity contribution < 1.29 is 20.0 Å². The third-order valence-electron chi connectivity index (χ3n) is 2.01. The Labute approximate surface area is 65.5 Å². The van der Waals surface area contributed by atoms with E-state index in [0.29, 0.717) is 13.0 Å². The molecule has 2 unspecified atom stereocenters. The number of ether oxygens (including phenoxy) is 1. The normalized spacial score (nSPS) is 37.2. The molecule has 3 N–H and O–H groups in total. The minimum absolute atomic E-state index is 0.213. The van der Waals surface area contributed by atoms with E-state index >= 15 is 0 Å². The summed E-state index contributed by atoms with van der Waals surface area (Å²) in [6.45, 7) is 2.30. The van der Waals surface area contributed by atoms with Crippen LogP contribution in [0.1, 0.15) is 13.3 Å². The fraction of sp³-hybridized carbons (Fsp3) is 0.857. The zero-order valence-corrected chi connectivity index (χ0v) is 6.83. The van der Waals surface area contributed by atoms with Crippen molar-refractivity contribution in [3.05, 3.63) is 0 Å². The van der Waals surface area contributed by atoms with Gasteiger partial charge in [0, 0.05) is 6.42 Å². The molecule has 0 aromatic carbocycles. The second-order valence-electron chi connectivity index (χ2n) is 3.27. The second kappa shape index (κ2) is 2.79. The molecule has 0 saturated carbocycles. The number of hydrogen-bond acceptors (Lipinski definition) is 3. The van der Waals surface area contributed by atoms with Crippen molar-refractivity contribution in [2.45, 2.75) is 25.0 Å². The van der Waals surface area contributed by atoms with E-state index < -0.39 is 5.60 Å². The first-order valence-electron chi connectivity index (χ1n) is 3.69. The molecule has 0 radical (unpaired) electrons. The van der Waals surface area contributed by atoms with E-state index in [1.165, 1.54) is 7.11 Å². The van der Waals surface area contributed by atoms with Gasteiger partial charge in [-0.25, -0.2) is 4.79 Å². The smallest absolute Gasteiger partial charge is 0.364 e. The Hall–Kier alpha value is -0.610. The van der Waals surface area contributed by atoms with Crippen LogP contribution in [-0.4, -0.2) is 36.4 Å². The van der Waals surface area contributed by atoms with Crippen molar-refractivity contribution in [3.63, 3.8) is 0 Å². The van der Waals surface area contributed by atoms with Crippen molar-refractivity contribution in [1.82, 2.24) is 0 Å². The largest absolute Gasteiger partial charge is 0.465 e. The van der Waals surface area contributed by atoms with Gasteiger partial charge in [-0.15, -0.1) is 0 Å². The lowest BCUT2D eigenvalue weighted by molar-refractivity contribution is -0.663. The van der Waals surface area contributed by atoms with E-state index in [-0.39, 0.29) is 12.0 Å². The number of rotatable bonds is 1. The molecule has 0 aliphatic carbocycles. The van der Waals surface area contributed by atoms with E-state index in [2.05, 4.69) is 4.74 Å². The molecular formula is C7H14NO3+. The summed E-state index contributed by atoms with van der Waals surface area (Å²) in [5.41, 5.74) is -0.709. The first-order valence-corrected chi connectivity index (χ1v) is 3.69. The van der Waals surface area contributed by atoms with Crippen LogP contribution in [0.25, 0.3) is 0 Å². The average molecular weight is 160 g/mol. The SMILES string of the molecule is COC(=O)C1CC(C)(O)C[NH2+]1. The topological polar surface area (TPSA) is 63.1 Å². The summed E-state index contributed by atoms with van der Waals surface area (Å²) in [7, 11) is 1.36. The summed E-state index contributed by atoms with van der Waals surface area (Å²) in [6.07, 6.45) is 0.486. The maximum Gasteiger partial charge on any atom is 0.364 e. The predicted molar refractivity (Wildman–Crippen MR) is 37.8 cm³/mol. The molecule has 1 heterocycles. The van der Waals surface area contributed by atoms with E-state index in [9.17, 15) is 9.90 Å². The lowest BCUT2D eigenvalue weighted by Gasteiger charge is -2.09. The Morgan fingerprint density at radius 1 is 1.82 bits per heavy atom. The third-order valence-corrected chi connectivity index (χ3v) is 2.01. The van der Waals surface area contributed by atoms with Gasteiger partial charge in [0.1, 0.15) is 12.1 Å². The van der Waals surface area contributed by atoms with Crippen LogP contribution in [0.4, 0.5) is 0 Å². The molecule has 2 atom stereocenters. The number of nitrogens with two attached hydrogens (primary N) is 1. The molecule has 0 bridgehead atoms. The van der Waals surface area contributed by atoms with Crippen LogP contribution < -0.4 is 5.32 Å². The maximum absolute atomic E-state index is 10.9. The summed E-state index contributed by atoms with van der Waals surface area (Å²) in [5.74, 6) is -0.247. The summed E-state index contributed by atoms with van der Waals surface area (Å²) in [5, 5.41) is 11.3. The lowest BCUT2D eigenvalue weighted by Crippen LogP contribution is -2.89. The number of methoxy groups -OCH3 is 1. The van der Waals surface area contributed by atoms with E-state index in [0.717, 1.165) is 0 Å². The molecule has 1 aliphatic rings. The summed E-state index contributed by atoms with van der Waals surface area (Å²) < 4.78 is 4.55. The number of aliphatic hydroxyl groups is 1. The first-order chi connectivity index (χ1) is 5.05. The minimum atomic E-state index is -0.709. The molecule has 0 amide bonds. The van der Waals surface area contributed by atoms with Gasteiger partial charge < -0.3 is 15.2 Å². The fourth-order valence-corrected chi connectivity index (χ4v) is 1.37. The van der Waals surface area contributed by atoms with Crippen LogP contribution in [0.15, 0.2) is 0 Å². The Morgan fingerprint density at radius 3 is 2.82 bits per heavy atom. The quantitative estimate of drug-likeness (QED) is 0.447. The van der Waals surface area contributed by atoms with Gasteiger partial charge in [0.25, 0.3) is 0 Å². The maximum atomic E-state index is 10.9. The van der Waals surface area contributed by atoms with Crippen molar-refractivity contribution in [2.24, 2.45) is 0 Å². The Morgan fingerprint density at radius 2 is 2.45 bits per heavy atom. The van der Waals surface area contributed by atoms with Gasteiger partial charge in [0.15, 0.2) is 6.04 Å². The highest BCUT2D eigenvalue weighted by molar-refractivity contribution is 5.74. The van der Waals surface area contributed by atoms with Crippen LogP contribution in [-0.2, 0) is 9.53 Å². The highest BCUT2D eigenvalue weighted by Crippen LogP contribution is 2.13. The van der Waals surface area contributed by atoms with Gasteiger partial charge >= 0.3 is 5.97 Å². The number of quaternary nitrogens is 1. The zero-order chi connectivity index (χ0) is 8.48. The Balaban J connectivity index is 2.48. The van der Waals surface area contributed by atoms with Gasteiger partial charge in [-0.2, -0.15) is 0 Å². The van der Waals surface area contributed by atoms with Gasteiger partial charge in [-0.3, -0.25) is 0 Å². The zero-order valence-electron chi connectivity index (χ0n) is 6.83. The number of esters is 1. The molecule has 0 aromatic heterocycles. The molecule has 0 aromatic rings. The molecule has 1 aliphatic heterocycles. The fourth-order valence-electron chi connectivity index (χ4n) is 1.37. The molecule has 4 nitrogen and oxygen atoms in total. The lowest BCUT2D eigenvalue weighted by atomic mass is 10.0. The minimum Gasteiger partial charge on any atom is -0.465 e. The molecule has 4 heteroatoms. The molecule has 1 rings (SSSR count). The van der Waals surface area contributed by atoms with Crippen LogP contribution in [0.3, 0.4) is 0 Å². The van der Waals surface area contributed by atoms with E-state index in [4.69, 9.17) is 0 Å². The molecule has 1 fully saturated rings. The molecule has 64 valence electrons. The van der Waals surface area contributed by atoms with Crippen LogP contribution in [0, 0.1) is 0 Å². The highest BCUT2D eigenvalue weighted by Gasteiger charge is 2.41. The molecule has 11 heavy (non-hydrogen) atoms. The average Bonchev–Trinajstić information content (AvgIpc) is 2.29. The van der Waals surface area contributed by atoms with Gasteiger partial charge in [0.2, 0.25) is 0 Å². The van der Waals surface area contributed by atoms with Crippen LogP contribution >= 0.6 is 0 Å². The monoisotopic (exact) mass is 160 g/mol. The number of carbonyl (C=O) groups is 1. The van der Waals surface area contributed by atoms with Crippen molar-refractivity contribution >= 4 is 5.97 Å². The van der Waals surface area contributed by atoms with Crippen LogP contribution in [0.5, 0.6) is 0 Å². The summed E-state index contributed by atoms with van der Waals surface area (Å²) >= 11 is 0. The van der Waals surface area contributed by atoms with Crippen LogP contribution in [0.2, 0.25) is 0 Å². The highest BCUT2D eigenvalue weighted by atomic mass is 16.5. The summed E-state index contributed by atoms with van der Waals surface area (Å²) in [4.78, 5) is 10.9. The van der Waals surface area contributed by atoms with Gasteiger partial charge in [-0.1, -0.05) is 0 Å². The molecule has 0 spiro atoms. The number of carbonyl (C=O) groups excluding carboxylic acids is 1. The van der Waals surface area contributed by atoms with Crippen molar-refractivity contribution in [3.8, 4) is 0 Å². The second-order valence-corrected chi connectivity index (χ2v) is 3.27. The van der Waals surface area contributed by atoms with Gasteiger partial charge in [-0.05, 0) is 6.92 Å². The number of hydrogen-bond donors (Lipinski definition) is 2. The Bertz CT molecular complexity index is 167. The van der Waals surface area contributed by atoms with E-state index in [1.807, 2.05) is 5.32 Å². The third kappa shape index (κ3) is 1.91. The molecular weight excluding hydrogens is 146 g/mol. The molecule has 1 saturated heterocycles. The first kappa shape index (κ1) is 8.49.